The lowest BCUT2D eigenvalue weighted by atomic mass is 10.2. The molecule has 8 heteroatoms. The highest BCUT2D eigenvalue weighted by molar-refractivity contribution is 6.31. The van der Waals surface area contributed by atoms with E-state index in [1.54, 1.807) is 24.3 Å². The summed E-state index contributed by atoms with van der Waals surface area (Å²) < 4.78 is 42.4. The minimum atomic E-state index is -4.79. The largest absolute Gasteiger partial charge is 0.573 e. The van der Waals surface area contributed by atoms with Gasteiger partial charge in [-0.25, -0.2) is 4.79 Å². The number of carbonyl (C=O) groups is 1. The molecule has 0 saturated heterocycles. The second kappa shape index (κ2) is 6.33. The predicted molar refractivity (Wildman–Crippen MR) is 86.1 cm³/mol. The summed E-state index contributed by atoms with van der Waals surface area (Å²) in [6, 6.07) is 11.8. The van der Waals surface area contributed by atoms with E-state index in [2.05, 4.69) is 4.74 Å². The summed E-state index contributed by atoms with van der Waals surface area (Å²) in [4.78, 5) is 11.5. The summed E-state index contributed by atoms with van der Waals surface area (Å²) in [5.41, 5.74) is 1.10. The molecule has 0 unspecified atom stereocenters. The maximum absolute atomic E-state index is 12.3. The predicted octanol–water partition coefficient (Wildman–Crippen LogP) is 4.94. The van der Waals surface area contributed by atoms with Crippen molar-refractivity contribution >= 4 is 28.5 Å². The molecule has 0 bridgehead atoms. The first-order chi connectivity index (χ1) is 11.7. The van der Waals surface area contributed by atoms with Crippen molar-refractivity contribution < 1.29 is 27.8 Å². The number of rotatable bonds is 4. The molecule has 0 aliphatic carbocycles. The van der Waals surface area contributed by atoms with Gasteiger partial charge in [0.2, 0.25) is 0 Å². The molecule has 0 spiro atoms. The first-order valence-electron chi connectivity index (χ1n) is 7.10. The van der Waals surface area contributed by atoms with Crippen LogP contribution in [0.5, 0.6) is 5.75 Å². The van der Waals surface area contributed by atoms with Gasteiger partial charge in [-0.2, -0.15) is 0 Å². The quantitative estimate of drug-likeness (QED) is 0.708. The van der Waals surface area contributed by atoms with Crippen LogP contribution in [0.25, 0.3) is 10.9 Å². The second-order valence-corrected chi connectivity index (χ2v) is 5.76. The Morgan fingerprint density at radius 3 is 2.60 bits per heavy atom. The molecule has 1 aromatic heterocycles. The molecule has 0 radical (unpaired) electrons. The van der Waals surface area contributed by atoms with Crippen molar-refractivity contribution in [1.29, 1.82) is 0 Å². The van der Waals surface area contributed by atoms with E-state index >= 15 is 0 Å². The van der Waals surface area contributed by atoms with E-state index < -0.39 is 12.3 Å². The normalized spacial score (nSPS) is 11.7. The van der Waals surface area contributed by atoms with E-state index in [-0.39, 0.29) is 18.0 Å². The number of fused-ring (bicyclic) bond motifs is 1. The van der Waals surface area contributed by atoms with Crippen molar-refractivity contribution in [3.05, 3.63) is 64.8 Å². The average Bonchev–Trinajstić information content (AvgIpc) is 2.84. The van der Waals surface area contributed by atoms with Gasteiger partial charge in [0, 0.05) is 22.5 Å². The van der Waals surface area contributed by atoms with E-state index in [0.717, 1.165) is 0 Å². The average molecular weight is 370 g/mol. The van der Waals surface area contributed by atoms with E-state index in [0.29, 0.717) is 21.5 Å². The Kier molecular flexibility index (Phi) is 4.34. The number of carboxylic acids is 1. The third-order valence-corrected chi connectivity index (χ3v) is 3.79. The van der Waals surface area contributed by atoms with E-state index in [9.17, 15) is 23.1 Å². The maximum Gasteiger partial charge on any atom is 0.573 e. The summed E-state index contributed by atoms with van der Waals surface area (Å²) in [6.45, 7) is 0.0713. The van der Waals surface area contributed by atoms with Crippen LogP contribution in [0.15, 0.2) is 48.5 Å². The number of alkyl halides is 3. The lowest BCUT2D eigenvalue weighted by Gasteiger charge is -2.12. The highest BCUT2D eigenvalue weighted by atomic mass is 35.5. The molecule has 1 heterocycles. The molecule has 0 amide bonds. The maximum atomic E-state index is 12.3. The smallest absolute Gasteiger partial charge is 0.477 e. The van der Waals surface area contributed by atoms with Gasteiger partial charge in [0.25, 0.3) is 0 Å². The van der Waals surface area contributed by atoms with Crippen LogP contribution in [-0.2, 0) is 6.54 Å². The lowest BCUT2D eigenvalue weighted by Crippen LogP contribution is -2.17. The van der Waals surface area contributed by atoms with Gasteiger partial charge >= 0.3 is 12.3 Å². The van der Waals surface area contributed by atoms with Crippen LogP contribution in [0.4, 0.5) is 13.2 Å². The van der Waals surface area contributed by atoms with Crippen LogP contribution < -0.4 is 4.74 Å². The summed E-state index contributed by atoms with van der Waals surface area (Å²) in [6.07, 6.45) is -4.79. The van der Waals surface area contributed by atoms with Crippen molar-refractivity contribution in [1.82, 2.24) is 4.57 Å². The van der Waals surface area contributed by atoms with Gasteiger partial charge in [-0.1, -0.05) is 23.7 Å². The number of aromatic nitrogens is 1. The molecule has 0 aliphatic heterocycles. The van der Waals surface area contributed by atoms with Crippen LogP contribution in [0, 0.1) is 0 Å². The Balaban J connectivity index is 2.01. The van der Waals surface area contributed by atoms with Gasteiger partial charge in [0.05, 0.1) is 0 Å². The zero-order chi connectivity index (χ0) is 18.2. The summed E-state index contributed by atoms with van der Waals surface area (Å²) >= 11 is 5.92. The van der Waals surface area contributed by atoms with Crippen molar-refractivity contribution in [2.24, 2.45) is 0 Å². The Morgan fingerprint density at radius 1 is 1.16 bits per heavy atom. The monoisotopic (exact) mass is 369 g/mol. The third kappa shape index (κ3) is 3.88. The zero-order valence-corrected chi connectivity index (χ0v) is 13.3. The number of aromatic carboxylic acids is 1. The molecule has 1 N–H and O–H groups in total. The van der Waals surface area contributed by atoms with Crippen LogP contribution in [0.1, 0.15) is 16.1 Å². The fraction of sp³-hybridized carbons (Fsp3) is 0.118. The fourth-order valence-electron chi connectivity index (χ4n) is 2.61. The Labute approximate surface area is 145 Å². The number of ether oxygens (including phenoxy) is 1. The number of nitrogens with zero attached hydrogens (tertiary/aromatic N) is 1. The molecule has 0 fully saturated rings. The molecule has 0 atom stereocenters. The summed E-state index contributed by atoms with van der Waals surface area (Å²) in [7, 11) is 0. The van der Waals surface area contributed by atoms with Gasteiger partial charge in [-0.3, -0.25) is 0 Å². The Hall–Kier alpha value is -2.67. The SMILES string of the molecule is O=C(O)c1cc2cc(Cl)ccc2n1Cc1cccc(OC(F)(F)F)c1. The Bertz CT molecular complexity index is 950. The third-order valence-electron chi connectivity index (χ3n) is 3.56. The summed E-state index contributed by atoms with van der Waals surface area (Å²) in [5.74, 6) is -1.50. The molecule has 0 saturated carbocycles. The standard InChI is InChI=1S/C17H11ClF3NO3/c18-12-4-5-14-11(7-12)8-15(16(23)24)22(14)9-10-2-1-3-13(6-10)25-17(19,20)21/h1-8H,9H2,(H,23,24). The molecular weight excluding hydrogens is 359 g/mol. The number of carboxylic acid groups (broad SMARTS) is 1. The van der Waals surface area contributed by atoms with Crippen molar-refractivity contribution in [3.8, 4) is 5.75 Å². The minimum Gasteiger partial charge on any atom is -0.477 e. The first kappa shape index (κ1) is 17.2. The summed E-state index contributed by atoms with van der Waals surface area (Å²) in [5, 5.41) is 10.5. The van der Waals surface area contributed by atoms with Crippen LogP contribution in [0.2, 0.25) is 5.02 Å². The molecule has 4 nitrogen and oxygen atoms in total. The fourth-order valence-corrected chi connectivity index (χ4v) is 2.79. The molecule has 0 aliphatic rings. The highest BCUT2D eigenvalue weighted by Gasteiger charge is 2.31. The molecule has 3 aromatic rings. The molecule has 130 valence electrons. The van der Waals surface area contributed by atoms with Crippen molar-refractivity contribution in [2.75, 3.05) is 0 Å². The first-order valence-corrected chi connectivity index (χ1v) is 7.47. The molecule has 2 aromatic carbocycles. The number of halogens is 4. The zero-order valence-electron chi connectivity index (χ0n) is 12.5. The number of hydrogen-bond acceptors (Lipinski definition) is 2. The molecule has 3 rings (SSSR count). The van der Waals surface area contributed by atoms with E-state index in [1.165, 1.54) is 28.8 Å². The minimum absolute atomic E-state index is 0.0133. The van der Waals surface area contributed by atoms with Gasteiger partial charge in [-0.15, -0.1) is 13.2 Å². The van der Waals surface area contributed by atoms with E-state index in [1.807, 2.05) is 0 Å². The molecular formula is C17H11ClF3NO3. The van der Waals surface area contributed by atoms with Crippen molar-refractivity contribution in [3.63, 3.8) is 0 Å². The van der Waals surface area contributed by atoms with Crippen LogP contribution in [0.3, 0.4) is 0 Å². The second-order valence-electron chi connectivity index (χ2n) is 5.32. The van der Waals surface area contributed by atoms with Crippen molar-refractivity contribution in [2.45, 2.75) is 12.9 Å². The van der Waals surface area contributed by atoms with E-state index in [4.69, 9.17) is 11.6 Å². The highest BCUT2D eigenvalue weighted by Crippen LogP contribution is 2.27. The number of hydrogen-bond donors (Lipinski definition) is 1. The van der Waals surface area contributed by atoms with Gasteiger partial charge in [-0.05, 0) is 42.0 Å². The lowest BCUT2D eigenvalue weighted by molar-refractivity contribution is -0.274. The van der Waals surface area contributed by atoms with Gasteiger partial charge in [0.1, 0.15) is 11.4 Å². The topological polar surface area (TPSA) is 51.5 Å². The molecule has 25 heavy (non-hydrogen) atoms. The van der Waals surface area contributed by atoms with Gasteiger partial charge < -0.3 is 14.4 Å². The number of benzene rings is 2. The van der Waals surface area contributed by atoms with Gasteiger partial charge in [0.15, 0.2) is 0 Å². The van der Waals surface area contributed by atoms with Crippen LogP contribution >= 0.6 is 11.6 Å². The Morgan fingerprint density at radius 2 is 1.92 bits per heavy atom. The van der Waals surface area contributed by atoms with Crippen LogP contribution in [-0.4, -0.2) is 22.0 Å².